The maximum Gasteiger partial charge on any atom is 0.325 e. The minimum atomic E-state index is -1.23. The minimum absolute atomic E-state index is 0.118. The first-order chi connectivity index (χ1) is 14.6. The number of nitrogens with one attached hydrogen (secondary N) is 2. The lowest BCUT2D eigenvalue weighted by molar-refractivity contribution is -0.130. The van der Waals surface area contributed by atoms with Crippen LogP contribution in [-0.4, -0.2) is 35.1 Å². The summed E-state index contributed by atoms with van der Waals surface area (Å²) in [7, 11) is 0. The van der Waals surface area contributed by atoms with E-state index < -0.39 is 17.5 Å². The first-order valence-electron chi connectivity index (χ1n) is 10.3. The van der Waals surface area contributed by atoms with Gasteiger partial charge < -0.3 is 10.6 Å². The predicted molar refractivity (Wildman–Crippen MR) is 116 cm³/mol. The van der Waals surface area contributed by atoms with E-state index in [4.69, 9.17) is 0 Å². The van der Waals surface area contributed by atoms with Gasteiger partial charge in [-0.05, 0) is 54.7 Å². The molecule has 2 N–H and O–H groups in total. The normalized spacial score (nSPS) is 22.5. The Kier molecular flexibility index (Phi) is 4.92. The molecule has 0 radical (unpaired) electrons. The van der Waals surface area contributed by atoms with Gasteiger partial charge in [-0.15, -0.1) is 0 Å². The van der Waals surface area contributed by atoms with Gasteiger partial charge in [0.05, 0.1) is 12.5 Å². The number of hydrogen-bond acceptors (Lipinski definition) is 4. The number of nitrogens with zero attached hydrogens (tertiary/aromatic N) is 1. The highest BCUT2D eigenvalue weighted by atomic mass is 16.2. The van der Waals surface area contributed by atoms with Crippen LogP contribution in [0, 0.1) is 0 Å². The van der Waals surface area contributed by atoms with Gasteiger partial charge in [-0.3, -0.25) is 19.3 Å². The van der Waals surface area contributed by atoms with E-state index in [0.717, 1.165) is 16.0 Å². The molecule has 2 aliphatic rings. The molecule has 160 valence electrons. The Morgan fingerprint density at radius 3 is 2.42 bits per heavy atom. The van der Waals surface area contributed by atoms with Crippen molar-refractivity contribution in [1.29, 1.82) is 0 Å². The lowest BCUT2D eigenvalue weighted by atomic mass is 9.90. The van der Waals surface area contributed by atoms with Gasteiger partial charge in [0.2, 0.25) is 5.91 Å². The number of anilines is 1. The first-order valence-corrected chi connectivity index (χ1v) is 10.3. The first kappa shape index (κ1) is 20.8. The number of hydrogen-bond donors (Lipinski definition) is 2. The average Bonchev–Trinajstić information content (AvgIpc) is 3.15. The Bertz CT molecular complexity index is 1110. The molecule has 0 aromatic heterocycles. The smallest absolute Gasteiger partial charge is 0.325 e. The molecule has 7 heteroatoms. The van der Waals surface area contributed by atoms with Crippen LogP contribution in [0.15, 0.2) is 42.5 Å². The van der Waals surface area contributed by atoms with Crippen molar-refractivity contribution in [2.45, 2.75) is 45.1 Å². The van der Waals surface area contributed by atoms with Crippen molar-refractivity contribution in [2.24, 2.45) is 0 Å². The third kappa shape index (κ3) is 3.40. The van der Waals surface area contributed by atoms with Crippen molar-refractivity contribution < 1.29 is 19.2 Å². The number of benzene rings is 2. The highest BCUT2D eigenvalue weighted by Crippen LogP contribution is 2.33. The molecule has 2 aromatic carbocycles. The Morgan fingerprint density at radius 2 is 1.77 bits per heavy atom. The highest BCUT2D eigenvalue weighted by molar-refractivity contribution is 6.11. The van der Waals surface area contributed by atoms with Gasteiger partial charge in [0.15, 0.2) is 5.78 Å². The summed E-state index contributed by atoms with van der Waals surface area (Å²) in [5, 5.41) is 5.50. The summed E-state index contributed by atoms with van der Waals surface area (Å²) in [5.41, 5.74) is 2.36. The number of carbonyl (C=O) groups is 4. The van der Waals surface area contributed by atoms with Crippen LogP contribution < -0.4 is 10.6 Å². The summed E-state index contributed by atoms with van der Waals surface area (Å²) in [5.74, 6) is -0.943. The summed E-state index contributed by atoms with van der Waals surface area (Å²) >= 11 is 0. The molecule has 31 heavy (non-hydrogen) atoms. The minimum Gasteiger partial charge on any atom is -0.325 e. The second-order valence-electron chi connectivity index (χ2n) is 8.66. The SMILES string of the molecule is CC(C)c1ccc([C@@]2(C)NC(=O)N(CC(=O)c3ccc4c(c3)[C@H](C)C(=O)N4)C2=O)cc1. The maximum atomic E-state index is 13.1. The lowest BCUT2D eigenvalue weighted by Gasteiger charge is -2.22. The van der Waals surface area contributed by atoms with E-state index in [1.165, 1.54) is 0 Å². The van der Waals surface area contributed by atoms with Crippen LogP contribution in [0.2, 0.25) is 0 Å². The molecule has 0 unspecified atom stereocenters. The Balaban J connectivity index is 1.55. The monoisotopic (exact) mass is 419 g/mol. The molecule has 2 heterocycles. The van der Waals surface area contributed by atoms with Gasteiger partial charge in [0, 0.05) is 11.3 Å². The average molecular weight is 419 g/mol. The number of ketones is 1. The molecule has 7 nitrogen and oxygen atoms in total. The van der Waals surface area contributed by atoms with Crippen LogP contribution >= 0.6 is 0 Å². The number of Topliss-reactive ketones (excluding diaryl/α,β-unsaturated/α-hetero) is 1. The van der Waals surface area contributed by atoms with Crippen LogP contribution in [0.5, 0.6) is 0 Å². The zero-order valence-electron chi connectivity index (χ0n) is 18.0. The topological polar surface area (TPSA) is 95.6 Å². The van der Waals surface area contributed by atoms with Crippen LogP contribution in [0.1, 0.15) is 66.6 Å². The van der Waals surface area contributed by atoms with E-state index in [9.17, 15) is 19.2 Å². The highest BCUT2D eigenvalue weighted by Gasteiger charge is 2.49. The summed E-state index contributed by atoms with van der Waals surface area (Å²) in [4.78, 5) is 51.4. The van der Waals surface area contributed by atoms with E-state index in [2.05, 4.69) is 24.5 Å². The summed E-state index contributed by atoms with van der Waals surface area (Å²) < 4.78 is 0. The number of amides is 4. The molecule has 0 aliphatic carbocycles. The zero-order chi connectivity index (χ0) is 22.5. The van der Waals surface area contributed by atoms with Crippen LogP contribution in [0.4, 0.5) is 10.5 Å². The fourth-order valence-corrected chi connectivity index (χ4v) is 4.06. The molecule has 4 amide bonds. The van der Waals surface area contributed by atoms with E-state index in [1.54, 1.807) is 32.0 Å². The largest absolute Gasteiger partial charge is 0.325 e. The Hall–Kier alpha value is -3.48. The number of urea groups is 1. The quantitative estimate of drug-likeness (QED) is 0.573. The van der Waals surface area contributed by atoms with Gasteiger partial charge in [-0.1, -0.05) is 38.1 Å². The second-order valence-corrected chi connectivity index (χ2v) is 8.66. The predicted octanol–water partition coefficient (Wildman–Crippen LogP) is 3.52. The van der Waals surface area contributed by atoms with E-state index in [-0.39, 0.29) is 24.2 Å². The third-order valence-corrected chi connectivity index (χ3v) is 6.22. The summed E-state index contributed by atoms with van der Waals surface area (Å²) in [6, 6.07) is 11.9. The van der Waals surface area contributed by atoms with Gasteiger partial charge >= 0.3 is 6.03 Å². The third-order valence-electron chi connectivity index (χ3n) is 6.22. The molecular weight excluding hydrogens is 394 g/mol. The number of fused-ring (bicyclic) bond motifs is 1. The van der Waals surface area contributed by atoms with E-state index in [1.807, 2.05) is 24.3 Å². The molecular formula is C24H25N3O4. The molecule has 0 saturated carbocycles. The van der Waals surface area contributed by atoms with Crippen molar-refractivity contribution in [2.75, 3.05) is 11.9 Å². The van der Waals surface area contributed by atoms with Crippen LogP contribution in [-0.2, 0) is 15.1 Å². The number of rotatable bonds is 5. The summed E-state index contributed by atoms with van der Waals surface area (Å²) in [6.45, 7) is 7.22. The number of imide groups is 1. The second kappa shape index (κ2) is 7.34. The van der Waals surface area contributed by atoms with Crippen LogP contribution in [0.3, 0.4) is 0 Å². The molecule has 1 saturated heterocycles. The van der Waals surface area contributed by atoms with Gasteiger partial charge in [-0.2, -0.15) is 0 Å². The van der Waals surface area contributed by atoms with Crippen molar-refractivity contribution in [1.82, 2.24) is 10.2 Å². The molecule has 2 aromatic rings. The Morgan fingerprint density at radius 1 is 1.10 bits per heavy atom. The lowest BCUT2D eigenvalue weighted by Crippen LogP contribution is -2.41. The van der Waals surface area contributed by atoms with Crippen molar-refractivity contribution in [3.63, 3.8) is 0 Å². The molecule has 4 rings (SSSR count). The molecule has 1 fully saturated rings. The zero-order valence-corrected chi connectivity index (χ0v) is 18.0. The van der Waals surface area contributed by atoms with Gasteiger partial charge in [-0.25, -0.2) is 4.79 Å². The molecule has 0 bridgehead atoms. The van der Waals surface area contributed by atoms with Crippen molar-refractivity contribution in [3.8, 4) is 0 Å². The van der Waals surface area contributed by atoms with Crippen LogP contribution in [0.25, 0.3) is 0 Å². The molecule has 2 atom stereocenters. The van der Waals surface area contributed by atoms with Gasteiger partial charge in [0.1, 0.15) is 5.54 Å². The molecule has 2 aliphatic heterocycles. The van der Waals surface area contributed by atoms with E-state index in [0.29, 0.717) is 22.7 Å². The fraction of sp³-hybridized carbons (Fsp3) is 0.333. The number of carbonyl (C=O) groups excluding carboxylic acids is 4. The van der Waals surface area contributed by atoms with E-state index >= 15 is 0 Å². The van der Waals surface area contributed by atoms with Crippen molar-refractivity contribution >= 4 is 29.3 Å². The summed E-state index contributed by atoms with van der Waals surface area (Å²) in [6.07, 6.45) is 0. The maximum absolute atomic E-state index is 13.1. The fourth-order valence-electron chi connectivity index (χ4n) is 4.06. The Labute approximate surface area is 180 Å². The van der Waals surface area contributed by atoms with Crippen molar-refractivity contribution in [3.05, 3.63) is 64.7 Å². The van der Waals surface area contributed by atoms with Gasteiger partial charge in [0.25, 0.3) is 5.91 Å². The standard InChI is InChI=1S/C24H25N3O4/c1-13(2)15-5-8-17(9-6-15)24(4)22(30)27(23(31)26-24)12-20(28)16-7-10-19-18(11-16)14(3)21(29)25-19/h5-11,13-14H,12H2,1-4H3,(H,25,29)(H,26,31)/t14-,24+/m0/s1. The molecule has 0 spiro atoms.